The summed E-state index contributed by atoms with van der Waals surface area (Å²) in [5.41, 5.74) is 0. The predicted octanol–water partition coefficient (Wildman–Crippen LogP) is 3.55. The van der Waals surface area contributed by atoms with Crippen molar-refractivity contribution in [2.75, 3.05) is 26.2 Å². The van der Waals surface area contributed by atoms with E-state index in [2.05, 4.69) is 27.7 Å². The Morgan fingerprint density at radius 3 is 0.889 bits per heavy atom. The minimum atomic E-state index is 0. The number of nitrogens with zero attached hydrogens (tertiary/aromatic N) is 1. The van der Waals surface area contributed by atoms with Gasteiger partial charge in [-0.15, -0.1) is 0 Å². The summed E-state index contributed by atoms with van der Waals surface area (Å²) in [6, 6.07) is 0. The van der Waals surface area contributed by atoms with E-state index in [1.807, 2.05) is 0 Å². The highest BCUT2D eigenvalue weighted by Crippen LogP contribution is 2.16. The van der Waals surface area contributed by atoms with Gasteiger partial charge in [0.1, 0.15) is 0 Å². The van der Waals surface area contributed by atoms with Gasteiger partial charge in [-0.05, 0) is 36.6 Å². The van der Waals surface area contributed by atoms with Gasteiger partial charge in [-0.1, -0.05) is 53.4 Å². The van der Waals surface area contributed by atoms with Crippen molar-refractivity contribution in [2.24, 2.45) is 0 Å². The Hall–Kier alpha value is 0.177. The highest BCUT2D eigenvalue weighted by atomic mass is 28.1. The molecule has 0 aliphatic carbocycles. The third kappa shape index (κ3) is 9.15. The maximum absolute atomic E-state index is 2.33. The van der Waals surface area contributed by atoms with Crippen LogP contribution < -0.4 is 0 Å². The first-order chi connectivity index (χ1) is 8.24. The molecule has 0 aliphatic rings. The van der Waals surface area contributed by atoms with Gasteiger partial charge in [0.05, 0.1) is 26.2 Å². The van der Waals surface area contributed by atoms with Crippen LogP contribution in [0.25, 0.3) is 0 Å². The maximum atomic E-state index is 2.33. The second-order valence-electron chi connectivity index (χ2n) is 5.65. The SMILES string of the molecule is CCCC[N+](CCCC)(CCCC)CCCC.[SiH4]. The normalized spacial score (nSPS) is 11.3. The molecule has 0 spiro atoms. The fourth-order valence-corrected chi connectivity index (χ4v) is 2.64. The monoisotopic (exact) mass is 274 g/mol. The fourth-order valence-electron chi connectivity index (χ4n) is 2.64. The van der Waals surface area contributed by atoms with Gasteiger partial charge in [0, 0.05) is 0 Å². The molecule has 18 heavy (non-hydrogen) atoms. The lowest BCUT2D eigenvalue weighted by Gasteiger charge is -2.39. The second-order valence-corrected chi connectivity index (χ2v) is 5.65. The standard InChI is InChI=1S/C16H36N.H4Si/c1-5-9-13-17(14-10-6-2,15-11-7-3)16-12-8-4;/h5-16H2,1-4H3;1H4/q+1;. The highest BCUT2D eigenvalue weighted by molar-refractivity contribution is 5.75. The van der Waals surface area contributed by atoms with Crippen LogP contribution in [0, 0.1) is 0 Å². The van der Waals surface area contributed by atoms with Crippen LogP contribution in [0.1, 0.15) is 79.1 Å². The lowest BCUT2D eigenvalue weighted by molar-refractivity contribution is -0.929. The van der Waals surface area contributed by atoms with Gasteiger partial charge < -0.3 is 4.48 Å². The van der Waals surface area contributed by atoms with Gasteiger partial charge in [0.2, 0.25) is 0 Å². The Kier molecular flexibility index (Phi) is 15.5. The van der Waals surface area contributed by atoms with E-state index in [0.29, 0.717) is 0 Å². The molecule has 0 fully saturated rings. The van der Waals surface area contributed by atoms with Crippen LogP contribution in [0.3, 0.4) is 0 Å². The predicted molar refractivity (Wildman–Crippen MR) is 90.7 cm³/mol. The molecule has 0 aliphatic heterocycles. The first-order valence-corrected chi connectivity index (χ1v) is 8.09. The van der Waals surface area contributed by atoms with E-state index in [-0.39, 0.29) is 11.0 Å². The Morgan fingerprint density at radius 1 is 0.500 bits per heavy atom. The average molecular weight is 275 g/mol. The Morgan fingerprint density at radius 2 is 0.722 bits per heavy atom. The van der Waals surface area contributed by atoms with Crippen molar-refractivity contribution < 1.29 is 4.48 Å². The van der Waals surface area contributed by atoms with E-state index >= 15 is 0 Å². The van der Waals surface area contributed by atoms with E-state index in [4.69, 9.17) is 0 Å². The molecule has 112 valence electrons. The molecule has 1 nitrogen and oxygen atoms in total. The summed E-state index contributed by atoms with van der Waals surface area (Å²) in [6.45, 7) is 15.0. The summed E-state index contributed by atoms with van der Waals surface area (Å²) in [5, 5.41) is 0. The van der Waals surface area contributed by atoms with Crippen LogP contribution in [-0.2, 0) is 0 Å². The number of unbranched alkanes of at least 4 members (excludes halogenated alkanes) is 4. The molecule has 0 bridgehead atoms. The third-order valence-electron chi connectivity index (χ3n) is 3.94. The summed E-state index contributed by atoms with van der Waals surface area (Å²) in [5.74, 6) is 0. The summed E-state index contributed by atoms with van der Waals surface area (Å²) < 4.78 is 1.42. The quantitative estimate of drug-likeness (QED) is 0.377. The van der Waals surface area contributed by atoms with Crippen LogP contribution in [0.15, 0.2) is 0 Å². The number of rotatable bonds is 12. The van der Waals surface area contributed by atoms with Crippen molar-refractivity contribution in [2.45, 2.75) is 79.1 Å². The molecule has 0 atom stereocenters. The molecule has 0 radical (unpaired) electrons. The zero-order valence-electron chi connectivity index (χ0n) is 12.9. The molecule has 2 heteroatoms. The molecule has 0 heterocycles. The Balaban J connectivity index is 0. The summed E-state index contributed by atoms with van der Waals surface area (Å²) in [4.78, 5) is 0. The molecule has 0 N–H and O–H groups in total. The van der Waals surface area contributed by atoms with Gasteiger partial charge in [-0.2, -0.15) is 0 Å². The molecule has 0 aromatic carbocycles. The first kappa shape index (κ1) is 20.5. The minimum Gasteiger partial charge on any atom is -0.324 e. The fraction of sp³-hybridized carbons (Fsp3) is 1.00. The first-order valence-electron chi connectivity index (χ1n) is 8.09. The van der Waals surface area contributed by atoms with Gasteiger partial charge in [-0.25, -0.2) is 0 Å². The molecule has 0 saturated carbocycles. The van der Waals surface area contributed by atoms with Gasteiger partial charge in [0.25, 0.3) is 0 Å². The van der Waals surface area contributed by atoms with E-state index in [1.165, 1.54) is 82.0 Å². The highest BCUT2D eigenvalue weighted by Gasteiger charge is 2.24. The molecule has 0 aromatic rings. The van der Waals surface area contributed by atoms with Gasteiger partial charge in [-0.3, -0.25) is 0 Å². The molecular formula is C16H40NSi+. The zero-order valence-corrected chi connectivity index (χ0v) is 12.9. The van der Waals surface area contributed by atoms with Crippen LogP contribution in [0.2, 0.25) is 0 Å². The Labute approximate surface area is 121 Å². The molecule has 0 aromatic heterocycles. The largest absolute Gasteiger partial charge is 0.324 e. The van der Waals surface area contributed by atoms with E-state index in [0.717, 1.165) is 0 Å². The molecule has 0 unspecified atom stereocenters. The van der Waals surface area contributed by atoms with Crippen LogP contribution in [0.4, 0.5) is 0 Å². The minimum absolute atomic E-state index is 0. The molecule has 0 saturated heterocycles. The Bertz CT molecular complexity index is 122. The smallest absolute Gasteiger partial charge is 0.0786 e. The zero-order chi connectivity index (χ0) is 13.0. The van der Waals surface area contributed by atoms with Crippen molar-refractivity contribution in [3.63, 3.8) is 0 Å². The molecule has 0 amide bonds. The lowest BCUT2D eigenvalue weighted by Crippen LogP contribution is -2.50. The summed E-state index contributed by atoms with van der Waals surface area (Å²) >= 11 is 0. The third-order valence-corrected chi connectivity index (χ3v) is 3.94. The van der Waals surface area contributed by atoms with Crippen LogP contribution >= 0.6 is 0 Å². The number of hydrogen-bond donors (Lipinski definition) is 0. The van der Waals surface area contributed by atoms with Gasteiger partial charge >= 0.3 is 0 Å². The van der Waals surface area contributed by atoms with Crippen molar-refractivity contribution in [1.82, 2.24) is 0 Å². The maximum Gasteiger partial charge on any atom is 0.0786 e. The van der Waals surface area contributed by atoms with Crippen molar-refractivity contribution in [1.29, 1.82) is 0 Å². The van der Waals surface area contributed by atoms with Crippen molar-refractivity contribution in [3.05, 3.63) is 0 Å². The van der Waals surface area contributed by atoms with Crippen molar-refractivity contribution in [3.8, 4) is 0 Å². The van der Waals surface area contributed by atoms with Gasteiger partial charge in [0.15, 0.2) is 0 Å². The summed E-state index contributed by atoms with van der Waals surface area (Å²) in [7, 11) is 0. The molecule has 0 rings (SSSR count). The lowest BCUT2D eigenvalue weighted by atomic mass is 10.1. The summed E-state index contributed by atoms with van der Waals surface area (Å²) in [6.07, 6.45) is 11.1. The van der Waals surface area contributed by atoms with Crippen LogP contribution in [-0.4, -0.2) is 41.6 Å². The molecular weight excluding hydrogens is 234 g/mol. The number of hydrogen-bond acceptors (Lipinski definition) is 0. The topological polar surface area (TPSA) is 0 Å². The average Bonchev–Trinajstić information content (AvgIpc) is 2.37. The number of quaternary nitrogens is 1. The van der Waals surface area contributed by atoms with Crippen LogP contribution in [0.5, 0.6) is 0 Å². The van der Waals surface area contributed by atoms with Crippen molar-refractivity contribution >= 4 is 11.0 Å². The second kappa shape index (κ2) is 13.6. The van der Waals surface area contributed by atoms with E-state index in [9.17, 15) is 0 Å². The van der Waals surface area contributed by atoms with E-state index in [1.54, 1.807) is 0 Å². The van der Waals surface area contributed by atoms with E-state index < -0.39 is 0 Å².